The molecule has 0 unspecified atom stereocenters. The van der Waals surface area contributed by atoms with Gasteiger partial charge < -0.3 is 73.7 Å². The molecule has 16 heteroatoms. The summed E-state index contributed by atoms with van der Waals surface area (Å²) in [6.07, 6.45) is -15.9. The molecule has 1 aromatic heterocycles. The molecular formula is C29H34O16. The lowest BCUT2D eigenvalue weighted by Crippen LogP contribution is -2.61. The SMILES string of the molecule is COc1cc(O)c2c(=O)c(O[C@@H]3O[C@H](CO[C@@H]4O[C@@H](C)[C@H](O)[C@@H](O)[C@H]4O)[C@@H](O)[C@H](O)[C@H]3O)c(-c3ccc(OC)c(O)c3)oc2c1. The van der Waals surface area contributed by atoms with E-state index in [0.717, 1.165) is 0 Å². The molecule has 246 valence electrons. The monoisotopic (exact) mass is 638 g/mol. The van der Waals surface area contributed by atoms with E-state index in [2.05, 4.69) is 0 Å². The van der Waals surface area contributed by atoms with Crippen molar-refractivity contribution in [2.45, 2.75) is 68.3 Å². The molecule has 0 bridgehead atoms. The number of phenols is 2. The summed E-state index contributed by atoms with van der Waals surface area (Å²) in [6, 6.07) is 6.54. The number of aliphatic hydroxyl groups excluding tert-OH is 6. The third-order valence-corrected chi connectivity index (χ3v) is 7.72. The van der Waals surface area contributed by atoms with E-state index in [1.165, 1.54) is 51.5 Å². The van der Waals surface area contributed by atoms with Crippen molar-refractivity contribution in [1.82, 2.24) is 0 Å². The average Bonchev–Trinajstić information content (AvgIpc) is 3.02. The number of methoxy groups -OCH3 is 2. The molecule has 0 amide bonds. The van der Waals surface area contributed by atoms with Crippen molar-refractivity contribution in [1.29, 1.82) is 0 Å². The van der Waals surface area contributed by atoms with Gasteiger partial charge in [0.25, 0.3) is 0 Å². The molecule has 3 heterocycles. The van der Waals surface area contributed by atoms with Crippen molar-refractivity contribution in [2.24, 2.45) is 0 Å². The Kier molecular flexibility index (Phi) is 9.41. The Bertz CT molecular complexity index is 1570. The Morgan fingerprint density at radius 2 is 1.47 bits per heavy atom. The summed E-state index contributed by atoms with van der Waals surface area (Å²) in [5.74, 6) is -1.44. The minimum Gasteiger partial charge on any atom is -0.507 e. The highest BCUT2D eigenvalue weighted by atomic mass is 16.7. The minimum absolute atomic E-state index is 0.105. The molecule has 2 saturated heterocycles. The van der Waals surface area contributed by atoms with Gasteiger partial charge in [-0.25, -0.2) is 0 Å². The maximum absolute atomic E-state index is 13.8. The van der Waals surface area contributed by atoms with Crippen LogP contribution in [0.2, 0.25) is 0 Å². The Morgan fingerprint density at radius 3 is 2.13 bits per heavy atom. The van der Waals surface area contributed by atoms with Gasteiger partial charge >= 0.3 is 0 Å². The van der Waals surface area contributed by atoms with Crippen molar-refractivity contribution in [3.05, 3.63) is 40.6 Å². The van der Waals surface area contributed by atoms with E-state index in [-0.39, 0.29) is 39.5 Å². The lowest BCUT2D eigenvalue weighted by molar-refractivity contribution is -0.318. The zero-order chi connectivity index (χ0) is 32.7. The van der Waals surface area contributed by atoms with Gasteiger partial charge in [-0.1, -0.05) is 0 Å². The summed E-state index contributed by atoms with van der Waals surface area (Å²) < 4.78 is 38.5. The summed E-state index contributed by atoms with van der Waals surface area (Å²) in [5, 5.41) is 82.9. The zero-order valence-corrected chi connectivity index (χ0v) is 24.2. The van der Waals surface area contributed by atoms with Gasteiger partial charge in [-0.05, 0) is 25.1 Å². The van der Waals surface area contributed by atoms with Crippen LogP contribution in [0.5, 0.6) is 28.7 Å². The first-order valence-corrected chi connectivity index (χ1v) is 13.8. The maximum atomic E-state index is 13.8. The number of ether oxygens (including phenoxy) is 6. The molecule has 0 saturated carbocycles. The highest BCUT2D eigenvalue weighted by molar-refractivity contribution is 5.88. The first-order chi connectivity index (χ1) is 21.4. The molecule has 5 rings (SSSR count). The van der Waals surface area contributed by atoms with Crippen molar-refractivity contribution in [3.63, 3.8) is 0 Å². The van der Waals surface area contributed by atoms with Crippen molar-refractivity contribution in [3.8, 4) is 40.1 Å². The topological polar surface area (TPSA) is 247 Å². The fourth-order valence-electron chi connectivity index (χ4n) is 5.11. The smallest absolute Gasteiger partial charge is 0.239 e. The summed E-state index contributed by atoms with van der Waals surface area (Å²) in [4.78, 5) is 13.8. The van der Waals surface area contributed by atoms with E-state index in [9.17, 15) is 45.6 Å². The average molecular weight is 639 g/mol. The van der Waals surface area contributed by atoms with E-state index in [0.29, 0.717) is 0 Å². The molecule has 2 aliphatic heterocycles. The van der Waals surface area contributed by atoms with Crippen LogP contribution >= 0.6 is 0 Å². The van der Waals surface area contributed by atoms with Crippen LogP contribution in [-0.4, -0.2) is 123 Å². The fourth-order valence-corrected chi connectivity index (χ4v) is 5.11. The van der Waals surface area contributed by atoms with Crippen LogP contribution < -0.4 is 19.6 Å². The van der Waals surface area contributed by atoms with Gasteiger partial charge in [-0.3, -0.25) is 4.79 Å². The zero-order valence-electron chi connectivity index (χ0n) is 24.2. The molecule has 2 fully saturated rings. The highest BCUT2D eigenvalue weighted by Gasteiger charge is 2.47. The number of fused-ring (bicyclic) bond motifs is 1. The van der Waals surface area contributed by atoms with Crippen LogP contribution in [0.1, 0.15) is 6.92 Å². The second-order valence-electron chi connectivity index (χ2n) is 10.6. The molecule has 2 aliphatic rings. The number of hydrogen-bond donors (Lipinski definition) is 8. The van der Waals surface area contributed by atoms with E-state index in [1.54, 1.807) is 0 Å². The van der Waals surface area contributed by atoms with Gasteiger partial charge in [0.15, 0.2) is 23.5 Å². The van der Waals surface area contributed by atoms with E-state index in [4.69, 9.17) is 32.8 Å². The van der Waals surface area contributed by atoms with Crippen LogP contribution in [0.25, 0.3) is 22.3 Å². The fraction of sp³-hybridized carbons (Fsp3) is 0.483. The highest BCUT2D eigenvalue weighted by Crippen LogP contribution is 2.40. The number of benzene rings is 2. The van der Waals surface area contributed by atoms with E-state index in [1.807, 2.05) is 0 Å². The Balaban J connectivity index is 1.50. The minimum atomic E-state index is -1.93. The summed E-state index contributed by atoms with van der Waals surface area (Å²) in [5.41, 5.74) is -0.936. The summed E-state index contributed by atoms with van der Waals surface area (Å²) in [7, 11) is 2.68. The standard InChI is InChI=1S/C29H34O16/c1-10-19(32)22(35)24(37)28(42-10)41-9-17-20(33)23(36)25(38)29(44-17)45-27-21(34)18-14(31)7-12(39-2)8-16(18)43-26(27)11-4-5-15(40-3)13(30)6-11/h4-8,10,17,19-20,22-25,28-33,35-38H,9H2,1-3H3/t10-,17+,19-,20+,22+,23-,24+,25+,28+,29-/m0/s1. The van der Waals surface area contributed by atoms with Crippen molar-refractivity contribution >= 4 is 11.0 Å². The Morgan fingerprint density at radius 1 is 0.778 bits per heavy atom. The second kappa shape index (κ2) is 13.0. The maximum Gasteiger partial charge on any atom is 0.239 e. The number of hydrogen-bond acceptors (Lipinski definition) is 16. The van der Waals surface area contributed by atoms with Gasteiger partial charge in [0, 0.05) is 17.7 Å². The lowest BCUT2D eigenvalue weighted by atomic mass is 9.98. The molecule has 0 spiro atoms. The van der Waals surface area contributed by atoms with Gasteiger partial charge in [-0.15, -0.1) is 0 Å². The first-order valence-electron chi connectivity index (χ1n) is 13.8. The van der Waals surface area contributed by atoms with Crippen LogP contribution in [0, 0.1) is 0 Å². The quantitative estimate of drug-likeness (QED) is 0.146. The molecule has 3 aromatic rings. The predicted octanol–water partition coefficient (Wildman–Crippen LogP) is -1.08. The molecule has 0 aliphatic carbocycles. The molecule has 8 N–H and O–H groups in total. The predicted molar refractivity (Wildman–Crippen MR) is 150 cm³/mol. The molecule has 10 atom stereocenters. The van der Waals surface area contributed by atoms with Crippen molar-refractivity contribution in [2.75, 3.05) is 20.8 Å². The molecular weight excluding hydrogens is 604 g/mol. The Hall–Kier alpha value is -3.71. The molecule has 45 heavy (non-hydrogen) atoms. The van der Waals surface area contributed by atoms with E-state index >= 15 is 0 Å². The Labute approximate surface area is 254 Å². The van der Waals surface area contributed by atoms with Crippen LogP contribution in [-0.2, 0) is 14.2 Å². The third kappa shape index (κ3) is 6.11. The van der Waals surface area contributed by atoms with Gasteiger partial charge in [0.2, 0.25) is 17.5 Å². The number of phenolic OH excluding ortho intramolecular Hbond substituents is 2. The lowest BCUT2D eigenvalue weighted by Gasteiger charge is -2.42. The largest absolute Gasteiger partial charge is 0.507 e. The van der Waals surface area contributed by atoms with Crippen LogP contribution in [0.4, 0.5) is 0 Å². The first kappa shape index (κ1) is 32.7. The summed E-state index contributed by atoms with van der Waals surface area (Å²) >= 11 is 0. The summed E-state index contributed by atoms with van der Waals surface area (Å²) in [6.45, 7) is 0.864. The van der Waals surface area contributed by atoms with Gasteiger partial charge in [-0.2, -0.15) is 0 Å². The number of rotatable bonds is 8. The normalized spacial score (nSPS) is 31.9. The van der Waals surface area contributed by atoms with Gasteiger partial charge in [0.05, 0.1) is 26.9 Å². The van der Waals surface area contributed by atoms with Crippen LogP contribution in [0.15, 0.2) is 39.5 Å². The van der Waals surface area contributed by atoms with E-state index < -0.39 is 84.9 Å². The molecule has 0 radical (unpaired) electrons. The van der Waals surface area contributed by atoms with Gasteiger partial charge in [0.1, 0.15) is 65.2 Å². The van der Waals surface area contributed by atoms with Crippen molar-refractivity contribution < 1.29 is 73.7 Å². The molecule has 16 nitrogen and oxygen atoms in total. The number of aliphatic hydroxyl groups is 6. The number of aromatic hydroxyl groups is 2. The van der Waals surface area contributed by atoms with Crippen LogP contribution in [0.3, 0.4) is 0 Å². The molecule has 2 aromatic carbocycles. The second-order valence-corrected chi connectivity index (χ2v) is 10.6. The third-order valence-electron chi connectivity index (χ3n) is 7.72.